The highest BCUT2D eigenvalue weighted by molar-refractivity contribution is 7.91. The zero-order valence-electron chi connectivity index (χ0n) is 8.84. The van der Waals surface area contributed by atoms with Gasteiger partial charge in [0.15, 0.2) is 15.9 Å². The smallest absolute Gasteiger partial charge is 0.362 e. The lowest BCUT2D eigenvalue weighted by molar-refractivity contribution is -0.712. The summed E-state index contributed by atoms with van der Waals surface area (Å²) in [5, 5.41) is 19.7. The monoisotopic (exact) mass is 273 g/mol. The largest absolute Gasteiger partial charge is 1.00 e. The molecule has 3 atom stereocenters. The maximum Gasteiger partial charge on any atom is 0.362 e. The zero-order valence-corrected chi connectivity index (χ0v) is 10.4. The number of nitrogens with two attached hydrogens (primary N) is 1. The number of hydrogen-bond donors (Lipinski definition) is 3. The third-order valence-electron chi connectivity index (χ3n) is 2.60. The highest BCUT2D eigenvalue weighted by Crippen LogP contribution is 2.09. The van der Waals surface area contributed by atoms with E-state index in [0.29, 0.717) is 6.42 Å². The van der Waals surface area contributed by atoms with Crippen LogP contribution in [0.15, 0.2) is 0 Å². The summed E-state index contributed by atoms with van der Waals surface area (Å²) in [6, 6.07) is -1.23. The molecule has 0 aliphatic carbocycles. The van der Waals surface area contributed by atoms with Crippen molar-refractivity contribution in [2.75, 3.05) is 11.5 Å². The van der Waals surface area contributed by atoms with Gasteiger partial charge in [0.1, 0.15) is 17.9 Å². The second kappa shape index (κ2) is 5.81. The molecule has 0 bridgehead atoms. The second-order valence-electron chi connectivity index (χ2n) is 3.85. The van der Waals surface area contributed by atoms with E-state index in [9.17, 15) is 18.3 Å². The Hall–Kier alpha value is -0.370. The molecule has 0 radical (unpaired) electrons. The molecular formula is C8H16ClNO5S. The molecule has 96 valence electrons. The van der Waals surface area contributed by atoms with Gasteiger partial charge in [-0.3, -0.25) is 0 Å². The van der Waals surface area contributed by atoms with E-state index >= 15 is 0 Å². The number of quaternary nitrogens is 1. The van der Waals surface area contributed by atoms with Gasteiger partial charge in [-0.15, -0.1) is 0 Å². The average molecular weight is 274 g/mol. The standard InChI is InChI=1S/C8H15NO5S.ClH/c1-2-5(8(11)12)9-6-3-15(13,14)4-7(6)10;/h5-7,9-10H,2-4H2,1H3,(H,11,12);1H. The summed E-state index contributed by atoms with van der Waals surface area (Å²) in [7, 11) is -3.20. The van der Waals surface area contributed by atoms with Crippen LogP contribution in [0.4, 0.5) is 0 Å². The molecule has 1 aliphatic rings. The van der Waals surface area contributed by atoms with Crippen LogP contribution in [-0.2, 0) is 14.6 Å². The molecule has 0 aromatic rings. The second-order valence-corrected chi connectivity index (χ2v) is 6.01. The molecule has 0 amide bonds. The van der Waals surface area contributed by atoms with Crippen molar-refractivity contribution < 1.29 is 41.1 Å². The van der Waals surface area contributed by atoms with Gasteiger partial charge in [0.05, 0.1) is 5.75 Å². The van der Waals surface area contributed by atoms with Crippen molar-refractivity contribution >= 4 is 15.8 Å². The number of aliphatic carboxylic acids is 1. The number of aliphatic hydroxyl groups is 1. The molecule has 16 heavy (non-hydrogen) atoms. The lowest BCUT2D eigenvalue weighted by atomic mass is 10.1. The van der Waals surface area contributed by atoms with Crippen LogP contribution in [0.3, 0.4) is 0 Å². The summed E-state index contributed by atoms with van der Waals surface area (Å²) in [6.45, 7) is 1.71. The van der Waals surface area contributed by atoms with E-state index in [1.807, 2.05) is 0 Å². The molecule has 1 rings (SSSR count). The highest BCUT2D eigenvalue weighted by Gasteiger charge is 2.41. The SMILES string of the molecule is CCC([NH2+]C1CS(=O)(=O)CC1O)C(=O)O.[Cl-]. The van der Waals surface area contributed by atoms with Gasteiger partial charge in [0.2, 0.25) is 0 Å². The van der Waals surface area contributed by atoms with Gasteiger partial charge in [-0.2, -0.15) is 0 Å². The number of carboxylic acids is 1. The average Bonchev–Trinajstić information content (AvgIpc) is 2.34. The van der Waals surface area contributed by atoms with Crippen LogP contribution in [0.5, 0.6) is 0 Å². The van der Waals surface area contributed by atoms with E-state index in [0.717, 1.165) is 0 Å². The van der Waals surface area contributed by atoms with Crippen LogP contribution in [0.1, 0.15) is 13.3 Å². The maximum absolute atomic E-state index is 11.2. The summed E-state index contributed by atoms with van der Waals surface area (Å²) in [5.74, 6) is -1.38. The Morgan fingerprint density at radius 2 is 2.06 bits per heavy atom. The fourth-order valence-corrected chi connectivity index (χ4v) is 3.55. The minimum absolute atomic E-state index is 0. The first-order valence-electron chi connectivity index (χ1n) is 4.82. The number of sulfone groups is 1. The normalized spacial score (nSPS) is 29.4. The van der Waals surface area contributed by atoms with Crippen molar-refractivity contribution in [2.45, 2.75) is 31.5 Å². The highest BCUT2D eigenvalue weighted by atomic mass is 35.5. The van der Waals surface area contributed by atoms with Gasteiger partial charge in [0, 0.05) is 6.42 Å². The Morgan fingerprint density at radius 1 is 1.50 bits per heavy atom. The van der Waals surface area contributed by atoms with Gasteiger partial charge in [-0.1, -0.05) is 6.92 Å². The third kappa shape index (κ3) is 3.89. The van der Waals surface area contributed by atoms with E-state index in [4.69, 9.17) is 5.11 Å². The van der Waals surface area contributed by atoms with Crippen LogP contribution in [-0.4, -0.2) is 54.3 Å². The van der Waals surface area contributed by atoms with E-state index in [-0.39, 0.29) is 23.9 Å². The van der Waals surface area contributed by atoms with Crippen molar-refractivity contribution in [3.63, 3.8) is 0 Å². The Morgan fingerprint density at radius 3 is 2.38 bits per heavy atom. The minimum Gasteiger partial charge on any atom is -1.00 e. The molecule has 8 heteroatoms. The third-order valence-corrected chi connectivity index (χ3v) is 4.34. The fraction of sp³-hybridized carbons (Fsp3) is 0.875. The van der Waals surface area contributed by atoms with Crippen LogP contribution in [0, 0.1) is 0 Å². The molecule has 3 unspecified atom stereocenters. The van der Waals surface area contributed by atoms with Crippen LogP contribution < -0.4 is 17.7 Å². The molecular weight excluding hydrogens is 258 g/mol. The first-order chi connectivity index (χ1) is 6.85. The van der Waals surface area contributed by atoms with Gasteiger partial charge in [0.25, 0.3) is 0 Å². The zero-order chi connectivity index (χ0) is 11.6. The van der Waals surface area contributed by atoms with Gasteiger partial charge in [-0.25, -0.2) is 13.2 Å². The van der Waals surface area contributed by atoms with Crippen molar-refractivity contribution in [1.29, 1.82) is 0 Å². The topological polar surface area (TPSA) is 108 Å². The first-order valence-corrected chi connectivity index (χ1v) is 6.64. The molecule has 0 saturated carbocycles. The number of rotatable bonds is 4. The van der Waals surface area contributed by atoms with E-state index in [1.54, 1.807) is 6.92 Å². The predicted molar refractivity (Wildman–Crippen MR) is 52.1 cm³/mol. The summed E-state index contributed by atoms with van der Waals surface area (Å²) in [6.07, 6.45) is -0.554. The molecule has 1 heterocycles. The predicted octanol–water partition coefficient (Wildman–Crippen LogP) is -5.43. The maximum atomic E-state index is 11.2. The summed E-state index contributed by atoms with van der Waals surface area (Å²) >= 11 is 0. The number of halogens is 1. The Bertz CT molecular complexity index is 344. The molecule has 1 saturated heterocycles. The number of hydrogen-bond acceptors (Lipinski definition) is 4. The van der Waals surface area contributed by atoms with Crippen LogP contribution >= 0.6 is 0 Å². The molecule has 6 nitrogen and oxygen atoms in total. The van der Waals surface area contributed by atoms with Gasteiger partial charge < -0.3 is 27.9 Å². The number of carbonyl (C=O) groups is 1. The quantitative estimate of drug-likeness (QED) is 0.474. The van der Waals surface area contributed by atoms with Crippen LogP contribution in [0.25, 0.3) is 0 Å². The summed E-state index contributed by atoms with van der Waals surface area (Å²) < 4.78 is 22.3. The minimum atomic E-state index is -3.20. The summed E-state index contributed by atoms with van der Waals surface area (Å²) in [4.78, 5) is 10.7. The van der Waals surface area contributed by atoms with E-state index in [2.05, 4.69) is 0 Å². The molecule has 0 spiro atoms. The molecule has 1 fully saturated rings. The fourth-order valence-electron chi connectivity index (χ4n) is 1.73. The van der Waals surface area contributed by atoms with Crippen LogP contribution in [0.2, 0.25) is 0 Å². The lowest BCUT2D eigenvalue weighted by Crippen LogP contribution is -3.00. The molecule has 0 aromatic carbocycles. The van der Waals surface area contributed by atoms with Gasteiger partial charge in [-0.05, 0) is 0 Å². The van der Waals surface area contributed by atoms with Crippen molar-refractivity contribution in [3.05, 3.63) is 0 Å². The Balaban J connectivity index is 0.00000225. The van der Waals surface area contributed by atoms with Crippen molar-refractivity contribution in [2.24, 2.45) is 0 Å². The summed E-state index contributed by atoms with van der Waals surface area (Å²) in [5.41, 5.74) is 0. The molecule has 1 aliphatic heterocycles. The number of carboxylic acid groups (broad SMARTS) is 1. The number of aliphatic hydroxyl groups excluding tert-OH is 1. The van der Waals surface area contributed by atoms with Gasteiger partial charge >= 0.3 is 5.97 Å². The molecule has 0 aromatic heterocycles. The van der Waals surface area contributed by atoms with E-state index in [1.165, 1.54) is 5.32 Å². The Labute approximate surface area is 100 Å². The molecule has 4 N–H and O–H groups in total. The Kier molecular flexibility index (Phi) is 5.67. The van der Waals surface area contributed by atoms with Crippen molar-refractivity contribution in [3.8, 4) is 0 Å². The van der Waals surface area contributed by atoms with E-state index < -0.39 is 34.0 Å². The lowest BCUT2D eigenvalue weighted by Gasteiger charge is -2.16. The van der Waals surface area contributed by atoms with Crippen molar-refractivity contribution in [1.82, 2.24) is 0 Å². The first kappa shape index (κ1) is 15.6.